The number of carbonyl (C=O) groups is 3. The minimum Gasteiger partial charge on any atom is -0.488 e. The Morgan fingerprint density at radius 3 is 2.69 bits per heavy atom. The van der Waals surface area contributed by atoms with Crippen LogP contribution in [0.25, 0.3) is 21.3 Å². The molecule has 2 aromatic heterocycles. The van der Waals surface area contributed by atoms with Crippen LogP contribution in [0.15, 0.2) is 30.5 Å². The zero-order chi connectivity index (χ0) is 25.6. The Bertz CT molecular complexity index is 1360. The van der Waals surface area contributed by atoms with Crippen LogP contribution in [0.1, 0.15) is 29.7 Å². The van der Waals surface area contributed by atoms with Gasteiger partial charge in [0.2, 0.25) is 17.7 Å². The molecule has 3 amide bonds. The van der Waals surface area contributed by atoms with E-state index in [1.165, 1.54) is 16.2 Å². The molecular formula is C26H27ClN4O4S. The number of fused-ring (bicyclic) bond motifs is 1. The molecule has 0 saturated carbocycles. The summed E-state index contributed by atoms with van der Waals surface area (Å²) in [6, 6.07) is 7.34. The number of aromatic nitrogens is 1. The second kappa shape index (κ2) is 9.80. The third-order valence-corrected chi connectivity index (χ3v) is 7.94. The third-order valence-electron chi connectivity index (χ3n) is 6.58. The van der Waals surface area contributed by atoms with Crippen molar-refractivity contribution in [1.82, 2.24) is 20.1 Å². The molecule has 4 heterocycles. The molecule has 0 bridgehead atoms. The standard InChI is InChI=1S/C26H27ClN4O4S/c1-14-8-15(27)9-19(24(14)35-16-10-21(29-12-16)26(34)30(2)3)18-6-7-28-20-11-17(36-25(18)20)13-31-22(32)4-5-23(31)33/h6-9,11,16,21,29H,4-5,10,12-13H2,1-3H3/t16-,21?/m0/s1. The van der Waals surface area contributed by atoms with Crippen LogP contribution in [0.2, 0.25) is 5.02 Å². The number of aryl methyl sites for hydroxylation is 1. The normalized spacial score (nSPS) is 19.9. The fourth-order valence-electron chi connectivity index (χ4n) is 4.78. The molecule has 8 nitrogen and oxygen atoms in total. The number of nitrogens with zero attached hydrogens (tertiary/aromatic N) is 3. The Morgan fingerprint density at radius 2 is 1.97 bits per heavy atom. The van der Waals surface area contributed by atoms with Crippen molar-refractivity contribution in [1.29, 1.82) is 0 Å². The van der Waals surface area contributed by atoms with Gasteiger partial charge in [-0.15, -0.1) is 11.3 Å². The van der Waals surface area contributed by atoms with E-state index in [1.807, 2.05) is 31.2 Å². The van der Waals surface area contributed by atoms with E-state index in [0.717, 1.165) is 37.5 Å². The van der Waals surface area contributed by atoms with Crippen LogP contribution in [0.4, 0.5) is 0 Å². The van der Waals surface area contributed by atoms with E-state index in [4.69, 9.17) is 16.3 Å². The molecule has 2 atom stereocenters. The number of amides is 3. The average molecular weight is 527 g/mol. The molecule has 2 aliphatic heterocycles. The van der Waals surface area contributed by atoms with Crippen LogP contribution in [-0.4, -0.2) is 65.3 Å². The van der Waals surface area contributed by atoms with Gasteiger partial charge in [-0.25, -0.2) is 0 Å². The van der Waals surface area contributed by atoms with Crippen LogP contribution >= 0.6 is 22.9 Å². The van der Waals surface area contributed by atoms with Gasteiger partial charge in [0, 0.05) is 67.1 Å². The number of likely N-dealkylation sites (tertiary alicyclic amines) is 1. The highest BCUT2D eigenvalue weighted by molar-refractivity contribution is 7.19. The number of rotatable bonds is 6. The third kappa shape index (κ3) is 4.70. The minimum atomic E-state index is -0.274. The summed E-state index contributed by atoms with van der Waals surface area (Å²) in [5, 5.41) is 3.86. The van der Waals surface area contributed by atoms with Gasteiger partial charge in [-0.1, -0.05) is 11.6 Å². The van der Waals surface area contributed by atoms with E-state index in [1.54, 1.807) is 25.2 Å². The summed E-state index contributed by atoms with van der Waals surface area (Å²) >= 11 is 7.99. The molecule has 0 aliphatic carbocycles. The number of nitrogens with one attached hydrogen (secondary N) is 1. The Kier molecular flexibility index (Phi) is 6.72. The van der Waals surface area contributed by atoms with Crippen molar-refractivity contribution in [3.8, 4) is 16.9 Å². The maximum atomic E-state index is 12.4. The first kappa shape index (κ1) is 24.7. The highest BCUT2D eigenvalue weighted by atomic mass is 35.5. The molecule has 2 aliphatic rings. The fraction of sp³-hybridized carbons (Fsp3) is 0.385. The van der Waals surface area contributed by atoms with Crippen molar-refractivity contribution < 1.29 is 19.1 Å². The lowest BCUT2D eigenvalue weighted by Crippen LogP contribution is -2.39. The first-order valence-corrected chi connectivity index (χ1v) is 13.0. The van der Waals surface area contributed by atoms with Gasteiger partial charge in [-0.3, -0.25) is 24.3 Å². The largest absolute Gasteiger partial charge is 0.488 e. The number of benzene rings is 1. The predicted molar refractivity (Wildman–Crippen MR) is 139 cm³/mol. The van der Waals surface area contributed by atoms with Crippen LogP contribution < -0.4 is 10.1 Å². The first-order chi connectivity index (χ1) is 17.2. The van der Waals surface area contributed by atoms with Crippen molar-refractivity contribution in [2.45, 2.75) is 44.9 Å². The molecule has 1 N–H and O–H groups in total. The summed E-state index contributed by atoms with van der Waals surface area (Å²) in [5.41, 5.74) is 3.45. The zero-order valence-corrected chi connectivity index (χ0v) is 21.9. The number of likely N-dealkylation sites (N-methyl/N-ethyl adjacent to an activating group) is 1. The molecule has 188 valence electrons. The molecule has 0 spiro atoms. The van der Waals surface area contributed by atoms with Crippen LogP contribution in [0.5, 0.6) is 5.75 Å². The van der Waals surface area contributed by atoms with Gasteiger partial charge < -0.3 is 15.0 Å². The summed E-state index contributed by atoms with van der Waals surface area (Å²) in [5.74, 6) is 0.480. The molecule has 5 rings (SSSR count). The number of pyridine rings is 1. The summed E-state index contributed by atoms with van der Waals surface area (Å²) in [6.45, 7) is 2.78. The maximum Gasteiger partial charge on any atom is 0.239 e. The Labute approximate surface area is 218 Å². The first-order valence-electron chi connectivity index (χ1n) is 11.8. The van der Waals surface area contributed by atoms with E-state index in [2.05, 4.69) is 10.3 Å². The maximum absolute atomic E-state index is 12.4. The van der Waals surface area contributed by atoms with Crippen LogP contribution in [0.3, 0.4) is 0 Å². The van der Waals surface area contributed by atoms with Crippen LogP contribution in [0, 0.1) is 6.92 Å². The molecular weight excluding hydrogens is 500 g/mol. The topological polar surface area (TPSA) is 91.8 Å². The van der Waals surface area contributed by atoms with Gasteiger partial charge in [0.05, 0.1) is 22.8 Å². The van der Waals surface area contributed by atoms with Gasteiger partial charge in [0.1, 0.15) is 11.9 Å². The monoisotopic (exact) mass is 526 g/mol. The number of carbonyl (C=O) groups excluding carboxylic acids is 3. The number of thiophene rings is 1. The average Bonchev–Trinajstić information content (AvgIpc) is 3.55. The molecule has 2 saturated heterocycles. The lowest BCUT2D eigenvalue weighted by atomic mass is 10.0. The summed E-state index contributed by atoms with van der Waals surface area (Å²) in [4.78, 5) is 44.9. The van der Waals surface area contributed by atoms with Gasteiger partial charge >= 0.3 is 0 Å². The van der Waals surface area contributed by atoms with E-state index in [0.29, 0.717) is 18.0 Å². The molecule has 1 aromatic carbocycles. The molecule has 2 fully saturated rings. The Morgan fingerprint density at radius 1 is 1.22 bits per heavy atom. The SMILES string of the molecule is Cc1cc(Cl)cc(-c2ccnc3cc(CN4C(=O)CCC4=O)sc23)c1O[C@@H]1CNC(C(=O)N(C)C)C1. The van der Waals surface area contributed by atoms with Gasteiger partial charge in [-0.2, -0.15) is 0 Å². The number of ether oxygens (including phenoxy) is 1. The summed E-state index contributed by atoms with van der Waals surface area (Å²) < 4.78 is 7.43. The molecule has 36 heavy (non-hydrogen) atoms. The molecule has 0 radical (unpaired) electrons. The second-order valence-corrected chi connectivity index (χ2v) is 11.0. The number of imide groups is 1. The van der Waals surface area contributed by atoms with E-state index < -0.39 is 0 Å². The predicted octanol–water partition coefficient (Wildman–Crippen LogP) is 3.77. The quantitative estimate of drug-likeness (QED) is 0.492. The number of hydrogen-bond donors (Lipinski definition) is 1. The highest BCUT2D eigenvalue weighted by Crippen LogP contribution is 2.42. The lowest BCUT2D eigenvalue weighted by Gasteiger charge is -2.20. The smallest absolute Gasteiger partial charge is 0.239 e. The summed E-state index contributed by atoms with van der Waals surface area (Å²) in [7, 11) is 3.50. The van der Waals surface area contributed by atoms with Gasteiger partial charge in [0.15, 0.2) is 0 Å². The number of halogens is 1. The van der Waals surface area contributed by atoms with E-state index >= 15 is 0 Å². The zero-order valence-electron chi connectivity index (χ0n) is 20.3. The van der Waals surface area contributed by atoms with Crippen LogP contribution in [-0.2, 0) is 20.9 Å². The van der Waals surface area contributed by atoms with E-state index in [9.17, 15) is 14.4 Å². The van der Waals surface area contributed by atoms with Crippen molar-refractivity contribution in [3.63, 3.8) is 0 Å². The van der Waals surface area contributed by atoms with Crippen molar-refractivity contribution >= 4 is 50.9 Å². The molecule has 3 aromatic rings. The van der Waals surface area contributed by atoms with Crippen molar-refractivity contribution in [2.24, 2.45) is 0 Å². The minimum absolute atomic E-state index is 0.0334. The Balaban J connectivity index is 1.48. The van der Waals surface area contributed by atoms with Gasteiger partial charge in [0.25, 0.3) is 0 Å². The Hall–Kier alpha value is -3.01. The summed E-state index contributed by atoms with van der Waals surface area (Å²) in [6.07, 6.45) is 2.69. The van der Waals surface area contributed by atoms with Gasteiger partial charge in [-0.05, 0) is 36.8 Å². The van der Waals surface area contributed by atoms with E-state index in [-0.39, 0.29) is 49.3 Å². The van der Waals surface area contributed by atoms with Crippen molar-refractivity contribution in [2.75, 3.05) is 20.6 Å². The second-order valence-electron chi connectivity index (χ2n) is 9.43. The molecule has 1 unspecified atom stereocenters. The lowest BCUT2D eigenvalue weighted by molar-refractivity contribution is -0.139. The highest BCUT2D eigenvalue weighted by Gasteiger charge is 2.33. The van der Waals surface area contributed by atoms with Crippen molar-refractivity contribution in [3.05, 3.63) is 45.9 Å². The number of hydrogen-bond acceptors (Lipinski definition) is 7. The molecule has 10 heteroatoms. The fourth-order valence-corrected chi connectivity index (χ4v) is 6.18.